The summed E-state index contributed by atoms with van der Waals surface area (Å²) in [5.74, 6) is -1.16. The first kappa shape index (κ1) is 15.8. The van der Waals surface area contributed by atoms with Crippen LogP contribution in [0.2, 0.25) is 0 Å². The van der Waals surface area contributed by atoms with E-state index in [0.717, 1.165) is 6.07 Å². The van der Waals surface area contributed by atoms with Gasteiger partial charge in [0.1, 0.15) is 6.54 Å². The Morgan fingerprint density at radius 2 is 2.05 bits per heavy atom. The van der Waals surface area contributed by atoms with E-state index in [9.17, 15) is 18.0 Å². The van der Waals surface area contributed by atoms with E-state index in [0.29, 0.717) is 10.9 Å². The molecule has 0 spiro atoms. The van der Waals surface area contributed by atoms with Gasteiger partial charge in [-0.1, -0.05) is 22.9 Å². The molecule has 0 heterocycles. The molecule has 0 bridgehead atoms. The van der Waals surface area contributed by atoms with Crippen LogP contribution in [0.5, 0.6) is 0 Å². The van der Waals surface area contributed by atoms with E-state index in [1.54, 1.807) is 6.92 Å². The summed E-state index contributed by atoms with van der Waals surface area (Å²) in [5, 5.41) is 8.79. The number of anilines is 1. The standard InChI is InChI=1S/C12H13BrF3NO2/c1-2-5-17(7-11(18)19)10-4-3-8(13)6-9(10)12(14,15)16/h3-4,6H,2,5,7H2,1H3,(H,18,19). The molecule has 106 valence electrons. The molecule has 1 rings (SSSR count). The van der Waals surface area contributed by atoms with Gasteiger partial charge < -0.3 is 10.0 Å². The van der Waals surface area contributed by atoms with E-state index in [-0.39, 0.29) is 12.2 Å². The molecule has 1 aromatic rings. The molecule has 0 aliphatic rings. The molecule has 1 N–H and O–H groups in total. The second-order valence-corrected chi connectivity index (χ2v) is 4.89. The Labute approximate surface area is 117 Å². The average Bonchev–Trinajstić information content (AvgIpc) is 2.26. The molecule has 0 fully saturated rings. The Balaban J connectivity index is 3.25. The molecule has 0 atom stereocenters. The number of hydrogen-bond acceptors (Lipinski definition) is 2. The summed E-state index contributed by atoms with van der Waals surface area (Å²) in [6.45, 7) is 1.57. The summed E-state index contributed by atoms with van der Waals surface area (Å²) < 4.78 is 39.2. The van der Waals surface area contributed by atoms with E-state index in [1.807, 2.05) is 0 Å². The normalized spacial score (nSPS) is 11.4. The minimum atomic E-state index is -4.52. The molecule has 0 aliphatic heterocycles. The fraction of sp³-hybridized carbons (Fsp3) is 0.417. The van der Waals surface area contributed by atoms with Gasteiger partial charge in [0.25, 0.3) is 0 Å². The Bertz CT molecular complexity index is 463. The topological polar surface area (TPSA) is 40.5 Å². The summed E-state index contributed by atoms with van der Waals surface area (Å²) >= 11 is 2.99. The molecule has 0 saturated carbocycles. The van der Waals surface area contributed by atoms with Crippen LogP contribution in [0, 0.1) is 0 Å². The van der Waals surface area contributed by atoms with Crippen LogP contribution < -0.4 is 4.90 Å². The monoisotopic (exact) mass is 339 g/mol. The largest absolute Gasteiger partial charge is 0.480 e. The van der Waals surface area contributed by atoms with Gasteiger partial charge in [-0.25, -0.2) is 0 Å². The van der Waals surface area contributed by atoms with Crippen molar-refractivity contribution in [3.8, 4) is 0 Å². The van der Waals surface area contributed by atoms with Crippen molar-refractivity contribution in [1.82, 2.24) is 0 Å². The van der Waals surface area contributed by atoms with Crippen molar-refractivity contribution in [2.75, 3.05) is 18.0 Å². The lowest BCUT2D eigenvalue weighted by atomic mass is 10.1. The summed E-state index contributed by atoms with van der Waals surface area (Å²) in [5.41, 5.74) is -0.948. The molecule has 0 aliphatic carbocycles. The van der Waals surface area contributed by atoms with Crippen molar-refractivity contribution in [1.29, 1.82) is 0 Å². The molecule has 0 aromatic heterocycles. The summed E-state index contributed by atoms with van der Waals surface area (Å²) in [4.78, 5) is 12.0. The smallest absolute Gasteiger partial charge is 0.418 e. The Hall–Kier alpha value is -1.24. The van der Waals surface area contributed by atoms with Crippen molar-refractivity contribution in [3.05, 3.63) is 28.2 Å². The van der Waals surface area contributed by atoms with Crippen LogP contribution in [0.4, 0.5) is 18.9 Å². The molecular weight excluding hydrogens is 327 g/mol. The molecule has 0 unspecified atom stereocenters. The number of carbonyl (C=O) groups is 1. The number of carboxylic acids is 1. The number of aliphatic carboxylic acids is 1. The van der Waals surface area contributed by atoms with Crippen LogP contribution in [-0.4, -0.2) is 24.2 Å². The van der Waals surface area contributed by atoms with E-state index in [1.165, 1.54) is 17.0 Å². The molecule has 0 radical (unpaired) electrons. The Morgan fingerprint density at radius 3 is 2.53 bits per heavy atom. The van der Waals surface area contributed by atoms with Crippen LogP contribution in [0.1, 0.15) is 18.9 Å². The minimum Gasteiger partial charge on any atom is -0.480 e. The van der Waals surface area contributed by atoms with Crippen molar-refractivity contribution in [3.63, 3.8) is 0 Å². The third-order valence-electron chi connectivity index (χ3n) is 2.42. The highest BCUT2D eigenvalue weighted by Gasteiger charge is 2.35. The van der Waals surface area contributed by atoms with Crippen LogP contribution in [0.3, 0.4) is 0 Å². The van der Waals surface area contributed by atoms with Crippen LogP contribution in [-0.2, 0) is 11.0 Å². The fourth-order valence-corrected chi connectivity index (χ4v) is 2.09. The van der Waals surface area contributed by atoms with Crippen molar-refractivity contribution in [2.24, 2.45) is 0 Å². The van der Waals surface area contributed by atoms with Crippen LogP contribution in [0.25, 0.3) is 0 Å². The number of alkyl halides is 3. The van der Waals surface area contributed by atoms with Gasteiger partial charge in [0.15, 0.2) is 0 Å². The molecule has 0 amide bonds. The van der Waals surface area contributed by atoms with E-state index in [2.05, 4.69) is 15.9 Å². The summed E-state index contributed by atoms with van der Waals surface area (Å²) in [7, 11) is 0. The van der Waals surface area contributed by atoms with Crippen LogP contribution in [0.15, 0.2) is 22.7 Å². The summed E-state index contributed by atoms with van der Waals surface area (Å²) in [6, 6.07) is 3.71. The van der Waals surface area contributed by atoms with E-state index < -0.39 is 24.3 Å². The molecule has 1 aromatic carbocycles. The predicted molar refractivity (Wildman–Crippen MR) is 69.3 cm³/mol. The number of carboxylic acid groups (broad SMARTS) is 1. The van der Waals surface area contributed by atoms with Gasteiger partial charge in [0, 0.05) is 16.7 Å². The maximum absolute atomic E-state index is 13.0. The second kappa shape index (κ2) is 6.27. The van der Waals surface area contributed by atoms with Gasteiger partial charge in [-0.2, -0.15) is 13.2 Å². The molecular formula is C12H13BrF3NO2. The van der Waals surface area contributed by atoms with Gasteiger partial charge in [-0.3, -0.25) is 4.79 Å². The first-order valence-corrected chi connectivity index (χ1v) is 6.38. The third-order valence-corrected chi connectivity index (χ3v) is 2.92. The van der Waals surface area contributed by atoms with E-state index in [4.69, 9.17) is 5.11 Å². The maximum atomic E-state index is 13.0. The summed E-state index contributed by atoms with van der Waals surface area (Å²) in [6.07, 6.45) is -3.97. The highest BCUT2D eigenvalue weighted by atomic mass is 79.9. The van der Waals surface area contributed by atoms with Crippen LogP contribution >= 0.6 is 15.9 Å². The Morgan fingerprint density at radius 1 is 1.42 bits per heavy atom. The number of halogens is 4. The molecule has 7 heteroatoms. The quantitative estimate of drug-likeness (QED) is 0.887. The SMILES string of the molecule is CCCN(CC(=O)O)c1ccc(Br)cc1C(F)(F)F. The highest BCUT2D eigenvalue weighted by Crippen LogP contribution is 2.38. The van der Waals surface area contributed by atoms with Crippen molar-refractivity contribution in [2.45, 2.75) is 19.5 Å². The third kappa shape index (κ3) is 4.41. The highest BCUT2D eigenvalue weighted by molar-refractivity contribution is 9.10. The van der Waals surface area contributed by atoms with E-state index >= 15 is 0 Å². The molecule has 3 nitrogen and oxygen atoms in total. The number of rotatable bonds is 5. The lowest BCUT2D eigenvalue weighted by molar-refractivity contribution is -0.138. The molecule has 19 heavy (non-hydrogen) atoms. The predicted octanol–water partition coefficient (Wildman–Crippen LogP) is 3.77. The number of hydrogen-bond donors (Lipinski definition) is 1. The zero-order valence-corrected chi connectivity index (χ0v) is 11.8. The minimum absolute atomic E-state index is 0.111. The van der Waals surface area contributed by atoms with Crippen molar-refractivity contribution < 1.29 is 23.1 Å². The first-order chi connectivity index (χ1) is 8.75. The van der Waals surface area contributed by atoms with Gasteiger partial charge in [0.05, 0.1) is 5.56 Å². The fourth-order valence-electron chi connectivity index (χ4n) is 1.73. The lowest BCUT2D eigenvalue weighted by Gasteiger charge is -2.26. The number of benzene rings is 1. The average molecular weight is 340 g/mol. The van der Waals surface area contributed by atoms with Gasteiger partial charge in [0.2, 0.25) is 0 Å². The lowest BCUT2D eigenvalue weighted by Crippen LogP contribution is -2.32. The first-order valence-electron chi connectivity index (χ1n) is 5.59. The maximum Gasteiger partial charge on any atom is 0.418 e. The van der Waals surface area contributed by atoms with Gasteiger partial charge >= 0.3 is 12.1 Å². The Kier molecular flexibility index (Phi) is 5.22. The van der Waals surface area contributed by atoms with Gasteiger partial charge in [-0.05, 0) is 24.6 Å². The molecule has 0 saturated heterocycles. The zero-order valence-electron chi connectivity index (χ0n) is 10.2. The zero-order chi connectivity index (χ0) is 14.6. The van der Waals surface area contributed by atoms with Gasteiger partial charge in [-0.15, -0.1) is 0 Å². The van der Waals surface area contributed by atoms with Crippen molar-refractivity contribution >= 4 is 27.6 Å². The number of nitrogens with zero attached hydrogens (tertiary/aromatic N) is 1. The second-order valence-electron chi connectivity index (χ2n) is 3.97.